The zero-order valence-corrected chi connectivity index (χ0v) is 11.4. The molecule has 1 aromatic rings. The Labute approximate surface area is 116 Å². The number of likely N-dealkylation sites (N-methyl/N-ethyl adjacent to an activating group) is 1. The maximum Gasteiger partial charge on any atom is 0.245 e. The van der Waals surface area contributed by atoms with Crippen molar-refractivity contribution in [3.63, 3.8) is 0 Å². The van der Waals surface area contributed by atoms with E-state index in [0.717, 1.165) is 0 Å². The highest BCUT2D eigenvalue weighted by molar-refractivity contribution is 6.29. The number of halogens is 1. The summed E-state index contributed by atoms with van der Waals surface area (Å²) in [5.74, 6) is 0.524. The van der Waals surface area contributed by atoms with Gasteiger partial charge in [0.25, 0.3) is 0 Å². The van der Waals surface area contributed by atoms with Crippen molar-refractivity contribution in [1.29, 1.82) is 0 Å². The number of anilines is 2. The van der Waals surface area contributed by atoms with Crippen LogP contribution in [0.5, 0.6) is 0 Å². The van der Waals surface area contributed by atoms with E-state index in [1.807, 2.05) is 11.8 Å². The Hall–Kier alpha value is -1.60. The summed E-state index contributed by atoms with van der Waals surface area (Å²) >= 11 is 5.87. The van der Waals surface area contributed by atoms with Gasteiger partial charge in [-0.15, -0.1) is 0 Å². The minimum atomic E-state index is -0.431. The number of amides is 1. The molecular formula is C11H16ClN5O2. The van der Waals surface area contributed by atoms with E-state index in [2.05, 4.69) is 15.3 Å². The Balaban J connectivity index is 2.25. The van der Waals surface area contributed by atoms with Crippen LogP contribution in [0.1, 0.15) is 6.92 Å². The molecule has 2 rings (SSSR count). The molecule has 1 unspecified atom stereocenters. The van der Waals surface area contributed by atoms with Crippen molar-refractivity contribution in [1.82, 2.24) is 15.3 Å². The van der Waals surface area contributed by atoms with E-state index < -0.39 is 6.04 Å². The van der Waals surface area contributed by atoms with E-state index in [-0.39, 0.29) is 17.0 Å². The molecule has 19 heavy (non-hydrogen) atoms. The Bertz CT molecular complexity index is 450. The fourth-order valence-electron chi connectivity index (χ4n) is 1.96. The Morgan fingerprint density at radius 1 is 1.68 bits per heavy atom. The molecule has 7 nitrogen and oxygen atoms in total. The highest BCUT2D eigenvalue weighted by Gasteiger charge is 2.30. The van der Waals surface area contributed by atoms with Crippen LogP contribution in [0.2, 0.25) is 5.15 Å². The summed E-state index contributed by atoms with van der Waals surface area (Å²) in [5, 5.41) is 3.03. The largest absolute Gasteiger partial charge is 0.377 e. The molecule has 0 radical (unpaired) electrons. The SMILES string of the molecule is CCNC(=O)C1COCCN1c1cc(Cl)nc(N)n1. The van der Waals surface area contributed by atoms with Crippen LogP contribution in [0.15, 0.2) is 6.07 Å². The molecule has 3 N–H and O–H groups in total. The molecule has 1 atom stereocenters. The molecule has 0 spiro atoms. The summed E-state index contributed by atoms with van der Waals surface area (Å²) in [6.07, 6.45) is 0. The quantitative estimate of drug-likeness (QED) is 0.763. The van der Waals surface area contributed by atoms with Gasteiger partial charge in [-0.2, -0.15) is 4.98 Å². The van der Waals surface area contributed by atoms with E-state index >= 15 is 0 Å². The number of morpholine rings is 1. The third kappa shape index (κ3) is 3.24. The molecule has 0 aromatic carbocycles. The van der Waals surface area contributed by atoms with Crippen molar-refractivity contribution in [3.8, 4) is 0 Å². The monoisotopic (exact) mass is 285 g/mol. The average molecular weight is 286 g/mol. The van der Waals surface area contributed by atoms with Crippen LogP contribution in [-0.4, -0.2) is 48.2 Å². The van der Waals surface area contributed by atoms with E-state index in [1.165, 1.54) is 0 Å². The molecule has 0 aliphatic carbocycles. The summed E-state index contributed by atoms with van der Waals surface area (Å²) < 4.78 is 5.35. The average Bonchev–Trinajstić information content (AvgIpc) is 2.38. The van der Waals surface area contributed by atoms with Crippen LogP contribution >= 0.6 is 11.6 Å². The van der Waals surface area contributed by atoms with Crippen LogP contribution in [0, 0.1) is 0 Å². The molecule has 1 saturated heterocycles. The molecule has 1 aliphatic rings. The normalized spacial score (nSPS) is 19.3. The van der Waals surface area contributed by atoms with Crippen LogP contribution in [0.4, 0.5) is 11.8 Å². The molecule has 104 valence electrons. The van der Waals surface area contributed by atoms with Crippen LogP contribution in [-0.2, 0) is 9.53 Å². The highest BCUT2D eigenvalue weighted by atomic mass is 35.5. The molecule has 1 amide bonds. The molecule has 1 fully saturated rings. The number of carbonyl (C=O) groups is 1. The lowest BCUT2D eigenvalue weighted by atomic mass is 10.2. The topological polar surface area (TPSA) is 93.4 Å². The third-order valence-corrected chi connectivity index (χ3v) is 2.97. The minimum Gasteiger partial charge on any atom is -0.377 e. The Morgan fingerprint density at radius 2 is 2.47 bits per heavy atom. The van der Waals surface area contributed by atoms with Gasteiger partial charge in [0.15, 0.2) is 0 Å². The first-order chi connectivity index (χ1) is 9.11. The molecule has 1 aliphatic heterocycles. The van der Waals surface area contributed by atoms with Crippen molar-refractivity contribution >= 4 is 29.3 Å². The van der Waals surface area contributed by atoms with Crippen LogP contribution < -0.4 is 16.0 Å². The highest BCUT2D eigenvalue weighted by Crippen LogP contribution is 2.21. The van der Waals surface area contributed by atoms with Gasteiger partial charge in [-0.25, -0.2) is 4.98 Å². The molecular weight excluding hydrogens is 270 g/mol. The first-order valence-corrected chi connectivity index (χ1v) is 6.41. The number of nitrogen functional groups attached to an aromatic ring is 1. The Morgan fingerprint density at radius 3 is 3.16 bits per heavy atom. The zero-order valence-electron chi connectivity index (χ0n) is 10.6. The summed E-state index contributed by atoms with van der Waals surface area (Å²) in [6, 6.07) is 1.16. The van der Waals surface area contributed by atoms with Crippen molar-refractivity contribution < 1.29 is 9.53 Å². The summed E-state index contributed by atoms with van der Waals surface area (Å²) in [7, 11) is 0. The molecule has 2 heterocycles. The minimum absolute atomic E-state index is 0.0867. The predicted octanol–water partition coefficient (Wildman–Crippen LogP) is 0.0535. The summed E-state index contributed by atoms with van der Waals surface area (Å²) in [6.45, 7) is 3.82. The number of hydrogen-bond donors (Lipinski definition) is 2. The number of rotatable bonds is 3. The smallest absolute Gasteiger partial charge is 0.245 e. The number of hydrogen-bond acceptors (Lipinski definition) is 6. The fourth-order valence-corrected chi connectivity index (χ4v) is 2.14. The standard InChI is InChI=1S/C11H16ClN5O2/c1-2-14-10(18)7-6-19-4-3-17(7)9-5-8(12)15-11(13)16-9/h5,7H,2-4,6H2,1H3,(H,14,18)(H2,13,15,16). The number of carbonyl (C=O) groups excluding carboxylic acids is 1. The van der Waals surface area contributed by atoms with E-state index in [9.17, 15) is 4.79 Å². The number of nitrogens with one attached hydrogen (secondary N) is 1. The number of nitrogens with zero attached hydrogens (tertiary/aromatic N) is 3. The summed E-state index contributed by atoms with van der Waals surface area (Å²) in [5.41, 5.74) is 5.58. The van der Waals surface area contributed by atoms with Gasteiger partial charge in [-0.05, 0) is 6.92 Å². The van der Waals surface area contributed by atoms with Gasteiger partial charge in [0.1, 0.15) is 17.0 Å². The second kappa shape index (κ2) is 6.03. The van der Waals surface area contributed by atoms with Crippen molar-refractivity contribution in [2.75, 3.05) is 36.9 Å². The van der Waals surface area contributed by atoms with Gasteiger partial charge >= 0.3 is 0 Å². The van der Waals surface area contributed by atoms with Crippen molar-refractivity contribution in [2.45, 2.75) is 13.0 Å². The second-order valence-electron chi connectivity index (χ2n) is 4.09. The number of ether oxygens (including phenoxy) is 1. The van der Waals surface area contributed by atoms with Crippen LogP contribution in [0.3, 0.4) is 0 Å². The second-order valence-corrected chi connectivity index (χ2v) is 4.47. The van der Waals surface area contributed by atoms with Gasteiger partial charge in [0.2, 0.25) is 11.9 Å². The molecule has 0 bridgehead atoms. The van der Waals surface area contributed by atoms with Crippen LogP contribution in [0.25, 0.3) is 0 Å². The zero-order chi connectivity index (χ0) is 13.8. The van der Waals surface area contributed by atoms with Crippen molar-refractivity contribution in [3.05, 3.63) is 11.2 Å². The molecule has 8 heteroatoms. The summed E-state index contributed by atoms with van der Waals surface area (Å²) in [4.78, 5) is 21.8. The third-order valence-electron chi connectivity index (χ3n) is 2.78. The van der Waals surface area contributed by atoms with Gasteiger partial charge in [-0.3, -0.25) is 4.79 Å². The maximum absolute atomic E-state index is 12.0. The van der Waals surface area contributed by atoms with Gasteiger partial charge < -0.3 is 20.7 Å². The van der Waals surface area contributed by atoms with E-state index in [0.29, 0.717) is 32.1 Å². The van der Waals surface area contributed by atoms with E-state index in [4.69, 9.17) is 22.1 Å². The first-order valence-electron chi connectivity index (χ1n) is 6.04. The Kier molecular flexibility index (Phi) is 4.39. The maximum atomic E-state index is 12.0. The van der Waals surface area contributed by atoms with Gasteiger partial charge in [-0.1, -0.05) is 11.6 Å². The van der Waals surface area contributed by atoms with Gasteiger partial charge in [0, 0.05) is 19.2 Å². The van der Waals surface area contributed by atoms with E-state index in [1.54, 1.807) is 6.07 Å². The lowest BCUT2D eigenvalue weighted by Crippen LogP contribution is -2.54. The molecule has 1 aromatic heterocycles. The fraction of sp³-hybridized carbons (Fsp3) is 0.545. The number of nitrogens with two attached hydrogens (primary N) is 1. The van der Waals surface area contributed by atoms with Gasteiger partial charge in [0.05, 0.1) is 13.2 Å². The first kappa shape index (κ1) is 13.8. The molecule has 0 saturated carbocycles. The number of aromatic nitrogens is 2. The predicted molar refractivity (Wildman–Crippen MR) is 72.1 cm³/mol. The lowest BCUT2D eigenvalue weighted by molar-refractivity contribution is -0.124. The lowest BCUT2D eigenvalue weighted by Gasteiger charge is -2.35. The van der Waals surface area contributed by atoms with Crippen molar-refractivity contribution in [2.24, 2.45) is 0 Å².